The zero-order valence-corrected chi connectivity index (χ0v) is 14.6. The lowest BCUT2D eigenvalue weighted by Gasteiger charge is -2.07. The minimum Gasteiger partial charge on any atom is -0.360 e. The van der Waals surface area contributed by atoms with Crippen LogP contribution in [0, 0.1) is 6.92 Å². The van der Waals surface area contributed by atoms with Crippen molar-refractivity contribution in [2.45, 2.75) is 20.4 Å². The number of carbonyl (C=O) groups excluding carboxylic acids is 2. The highest BCUT2D eigenvalue weighted by molar-refractivity contribution is 6.00. The number of hydrogen-bond acceptors (Lipinski definition) is 4. The second-order valence-corrected chi connectivity index (χ2v) is 5.89. The Morgan fingerprint density at radius 2 is 1.73 bits per heavy atom. The van der Waals surface area contributed by atoms with Gasteiger partial charge in [-0.3, -0.25) is 9.59 Å². The molecule has 0 unspecified atom stereocenters. The molecular formula is C20H19N3O3. The minimum atomic E-state index is -0.242. The molecule has 0 fully saturated rings. The summed E-state index contributed by atoms with van der Waals surface area (Å²) in [5, 5.41) is 9.62. The molecule has 1 aromatic heterocycles. The lowest BCUT2D eigenvalue weighted by Crippen LogP contribution is -2.23. The molecule has 2 aromatic carbocycles. The summed E-state index contributed by atoms with van der Waals surface area (Å²) in [4.78, 5) is 23.7. The number of aromatic nitrogens is 1. The van der Waals surface area contributed by atoms with Gasteiger partial charge in [-0.05, 0) is 24.6 Å². The van der Waals surface area contributed by atoms with Crippen LogP contribution in [-0.2, 0) is 11.3 Å². The molecule has 0 radical (unpaired) electrons. The van der Waals surface area contributed by atoms with Gasteiger partial charge in [0.05, 0.1) is 0 Å². The van der Waals surface area contributed by atoms with Gasteiger partial charge in [-0.2, -0.15) is 0 Å². The van der Waals surface area contributed by atoms with Gasteiger partial charge in [0.15, 0.2) is 0 Å². The Labute approximate surface area is 151 Å². The second kappa shape index (κ2) is 7.65. The standard InChI is InChI=1S/C20H19N3O3/c1-13-18(19(23-26-13)16-6-4-3-5-7-16)20(25)21-12-15-8-10-17(11-9-15)22-14(2)24/h3-11H,12H2,1-2H3,(H,21,25)(H,22,24). The molecule has 3 rings (SSSR count). The van der Waals surface area contributed by atoms with Gasteiger partial charge in [-0.1, -0.05) is 47.6 Å². The SMILES string of the molecule is CC(=O)Nc1ccc(CNC(=O)c2c(-c3ccccc3)noc2C)cc1. The van der Waals surface area contributed by atoms with Crippen molar-refractivity contribution in [2.24, 2.45) is 0 Å². The molecule has 0 saturated carbocycles. The first-order valence-electron chi connectivity index (χ1n) is 8.21. The maximum Gasteiger partial charge on any atom is 0.257 e. The average molecular weight is 349 g/mol. The molecule has 0 saturated heterocycles. The zero-order valence-electron chi connectivity index (χ0n) is 14.6. The number of hydrogen-bond donors (Lipinski definition) is 2. The molecule has 3 aromatic rings. The molecule has 26 heavy (non-hydrogen) atoms. The van der Waals surface area contributed by atoms with E-state index in [1.54, 1.807) is 19.1 Å². The van der Waals surface area contributed by atoms with Crippen LogP contribution in [0.5, 0.6) is 0 Å². The van der Waals surface area contributed by atoms with Crippen molar-refractivity contribution >= 4 is 17.5 Å². The van der Waals surface area contributed by atoms with Crippen LogP contribution in [0.25, 0.3) is 11.3 Å². The largest absolute Gasteiger partial charge is 0.360 e. The van der Waals surface area contributed by atoms with Crippen molar-refractivity contribution in [2.75, 3.05) is 5.32 Å². The smallest absolute Gasteiger partial charge is 0.257 e. The van der Waals surface area contributed by atoms with Crippen LogP contribution in [0.1, 0.15) is 28.6 Å². The molecule has 2 N–H and O–H groups in total. The molecule has 1 heterocycles. The maximum atomic E-state index is 12.6. The third kappa shape index (κ3) is 3.97. The van der Waals surface area contributed by atoms with Gasteiger partial charge in [0.25, 0.3) is 5.91 Å². The predicted octanol–water partition coefficient (Wildman–Crippen LogP) is 3.54. The van der Waals surface area contributed by atoms with Crippen LogP contribution in [0.3, 0.4) is 0 Å². The van der Waals surface area contributed by atoms with Gasteiger partial charge in [-0.15, -0.1) is 0 Å². The predicted molar refractivity (Wildman–Crippen MR) is 98.6 cm³/mol. The van der Waals surface area contributed by atoms with Crippen LogP contribution in [0.15, 0.2) is 59.1 Å². The third-order valence-corrected chi connectivity index (χ3v) is 3.86. The van der Waals surface area contributed by atoms with Gasteiger partial charge < -0.3 is 15.2 Å². The Hall–Kier alpha value is -3.41. The number of aryl methyl sites for hydroxylation is 1. The molecule has 2 amide bonds. The fourth-order valence-corrected chi connectivity index (χ4v) is 2.61. The zero-order chi connectivity index (χ0) is 18.5. The first-order chi connectivity index (χ1) is 12.5. The second-order valence-electron chi connectivity index (χ2n) is 5.89. The van der Waals surface area contributed by atoms with Gasteiger partial charge in [0.1, 0.15) is 17.0 Å². The normalized spacial score (nSPS) is 10.4. The highest BCUT2D eigenvalue weighted by Gasteiger charge is 2.21. The maximum absolute atomic E-state index is 12.6. The number of anilines is 1. The lowest BCUT2D eigenvalue weighted by atomic mass is 10.1. The monoisotopic (exact) mass is 349 g/mol. The summed E-state index contributed by atoms with van der Waals surface area (Å²) in [5.74, 6) is 0.110. The molecule has 0 aliphatic heterocycles. The highest BCUT2D eigenvalue weighted by Crippen LogP contribution is 2.25. The Bertz CT molecular complexity index is 915. The van der Waals surface area contributed by atoms with Crippen molar-refractivity contribution in [3.8, 4) is 11.3 Å². The number of nitrogens with zero attached hydrogens (tertiary/aromatic N) is 1. The summed E-state index contributed by atoms with van der Waals surface area (Å²) in [7, 11) is 0. The van der Waals surface area contributed by atoms with Crippen molar-refractivity contribution in [3.63, 3.8) is 0 Å². The third-order valence-electron chi connectivity index (χ3n) is 3.86. The van der Waals surface area contributed by atoms with E-state index in [1.807, 2.05) is 42.5 Å². The highest BCUT2D eigenvalue weighted by atomic mass is 16.5. The topological polar surface area (TPSA) is 84.2 Å². The van der Waals surface area contributed by atoms with Crippen molar-refractivity contribution in [3.05, 3.63) is 71.5 Å². The first-order valence-corrected chi connectivity index (χ1v) is 8.21. The van der Waals surface area contributed by atoms with Crippen LogP contribution in [0.4, 0.5) is 5.69 Å². The molecule has 0 atom stereocenters. The number of nitrogens with one attached hydrogen (secondary N) is 2. The molecular weight excluding hydrogens is 330 g/mol. The average Bonchev–Trinajstić information content (AvgIpc) is 3.03. The molecule has 132 valence electrons. The molecule has 0 aliphatic rings. The Kier molecular flexibility index (Phi) is 5.12. The summed E-state index contributed by atoms with van der Waals surface area (Å²) in [5.41, 5.74) is 3.43. The van der Waals surface area contributed by atoms with E-state index in [9.17, 15) is 9.59 Å². The number of benzene rings is 2. The summed E-state index contributed by atoms with van der Waals surface area (Å²) in [6.45, 7) is 3.54. The van der Waals surface area contributed by atoms with Gasteiger partial charge >= 0.3 is 0 Å². The Balaban J connectivity index is 1.71. The van der Waals surface area contributed by atoms with Gasteiger partial charge in [0.2, 0.25) is 5.91 Å². The Morgan fingerprint density at radius 1 is 1.04 bits per heavy atom. The van der Waals surface area contributed by atoms with Gasteiger partial charge in [-0.25, -0.2) is 0 Å². The number of rotatable bonds is 5. The van der Waals surface area contributed by atoms with Crippen LogP contribution >= 0.6 is 0 Å². The molecule has 0 aliphatic carbocycles. The molecule has 6 heteroatoms. The van der Waals surface area contributed by atoms with E-state index < -0.39 is 0 Å². The van der Waals surface area contributed by atoms with Crippen LogP contribution in [0.2, 0.25) is 0 Å². The first kappa shape index (κ1) is 17.4. The van der Waals surface area contributed by atoms with E-state index in [2.05, 4.69) is 15.8 Å². The van der Waals surface area contributed by atoms with Crippen molar-refractivity contribution < 1.29 is 14.1 Å². The van der Waals surface area contributed by atoms with E-state index in [-0.39, 0.29) is 11.8 Å². The summed E-state index contributed by atoms with van der Waals surface area (Å²) in [6.07, 6.45) is 0. The van der Waals surface area contributed by atoms with Crippen LogP contribution in [-0.4, -0.2) is 17.0 Å². The van der Waals surface area contributed by atoms with Crippen LogP contribution < -0.4 is 10.6 Å². The summed E-state index contributed by atoms with van der Waals surface area (Å²) in [6, 6.07) is 16.7. The van der Waals surface area contributed by atoms with E-state index in [0.717, 1.165) is 11.1 Å². The number of carbonyl (C=O) groups is 2. The summed E-state index contributed by atoms with van der Waals surface area (Å²) < 4.78 is 5.22. The quantitative estimate of drug-likeness (QED) is 0.738. The van der Waals surface area contributed by atoms with E-state index in [4.69, 9.17) is 4.52 Å². The summed E-state index contributed by atoms with van der Waals surface area (Å²) >= 11 is 0. The molecule has 0 bridgehead atoms. The fourth-order valence-electron chi connectivity index (χ4n) is 2.61. The van der Waals surface area contributed by atoms with E-state index in [1.165, 1.54) is 6.92 Å². The van der Waals surface area contributed by atoms with Crippen molar-refractivity contribution in [1.29, 1.82) is 0 Å². The number of amides is 2. The van der Waals surface area contributed by atoms with Gasteiger partial charge in [0, 0.05) is 24.7 Å². The molecule has 0 spiro atoms. The lowest BCUT2D eigenvalue weighted by molar-refractivity contribution is -0.114. The van der Waals surface area contributed by atoms with Crippen molar-refractivity contribution in [1.82, 2.24) is 10.5 Å². The van der Waals surface area contributed by atoms with E-state index in [0.29, 0.717) is 29.2 Å². The Morgan fingerprint density at radius 3 is 2.38 bits per heavy atom. The molecule has 6 nitrogen and oxygen atoms in total. The minimum absolute atomic E-state index is 0.123. The van der Waals surface area contributed by atoms with E-state index >= 15 is 0 Å². The fraction of sp³-hybridized carbons (Fsp3) is 0.150.